The third-order valence-corrected chi connectivity index (χ3v) is 6.28. The molecule has 2 heterocycles. The maximum atomic E-state index is 13.2. The van der Waals surface area contributed by atoms with E-state index in [-0.39, 0.29) is 17.2 Å². The summed E-state index contributed by atoms with van der Waals surface area (Å²) in [4.78, 5) is 34.6. The van der Waals surface area contributed by atoms with Crippen LogP contribution in [0.1, 0.15) is 53.4 Å². The monoisotopic (exact) mass is 496 g/mol. The van der Waals surface area contributed by atoms with E-state index in [9.17, 15) is 9.59 Å². The Balaban J connectivity index is 1.50. The number of pyridine rings is 1. The van der Waals surface area contributed by atoms with Crippen LogP contribution in [0.15, 0.2) is 77.6 Å². The lowest BCUT2D eigenvalue weighted by Gasteiger charge is -2.21. The van der Waals surface area contributed by atoms with E-state index >= 15 is 0 Å². The number of aromatic nitrogens is 1. The van der Waals surface area contributed by atoms with Crippen LogP contribution < -0.4 is 15.4 Å². The summed E-state index contributed by atoms with van der Waals surface area (Å²) in [5.41, 5.74) is 6.15. The molecule has 4 rings (SSSR count). The molecule has 1 aliphatic rings. The van der Waals surface area contributed by atoms with E-state index in [1.807, 2.05) is 61.5 Å². The van der Waals surface area contributed by atoms with Gasteiger partial charge in [-0.2, -0.15) is 0 Å². The van der Waals surface area contributed by atoms with Gasteiger partial charge in [-0.1, -0.05) is 39.0 Å². The van der Waals surface area contributed by atoms with Crippen LogP contribution in [0.25, 0.3) is 0 Å². The maximum Gasteiger partial charge on any atom is 0.259 e. The minimum Gasteiger partial charge on any atom is -0.496 e. The number of aryl methyl sites for hydroxylation is 1. The zero-order valence-corrected chi connectivity index (χ0v) is 21.9. The molecule has 0 unspecified atom stereocenters. The molecule has 2 N–H and O–H groups in total. The molecule has 3 aromatic rings. The Morgan fingerprint density at radius 2 is 1.86 bits per heavy atom. The van der Waals surface area contributed by atoms with Gasteiger partial charge in [-0.3, -0.25) is 19.6 Å². The van der Waals surface area contributed by atoms with Gasteiger partial charge in [-0.05, 0) is 65.4 Å². The van der Waals surface area contributed by atoms with Crippen molar-refractivity contribution in [3.05, 3.63) is 100 Å². The van der Waals surface area contributed by atoms with Crippen LogP contribution in [-0.2, 0) is 16.8 Å². The molecule has 1 aliphatic heterocycles. The average Bonchev–Trinajstić information content (AvgIpc) is 3.38. The van der Waals surface area contributed by atoms with E-state index in [4.69, 9.17) is 4.74 Å². The van der Waals surface area contributed by atoms with E-state index in [0.29, 0.717) is 41.4 Å². The Kier molecular flexibility index (Phi) is 7.53. The number of hydrogen-bond acceptors (Lipinski definition) is 5. The fourth-order valence-corrected chi connectivity index (χ4v) is 4.05. The molecule has 0 bridgehead atoms. The molecule has 1 aromatic heterocycles. The smallest absolute Gasteiger partial charge is 0.259 e. The predicted octanol–water partition coefficient (Wildman–Crippen LogP) is 4.99. The second kappa shape index (κ2) is 10.8. The largest absolute Gasteiger partial charge is 0.496 e. The first-order chi connectivity index (χ1) is 17.7. The van der Waals surface area contributed by atoms with Crippen molar-refractivity contribution >= 4 is 23.2 Å². The second-order valence-corrected chi connectivity index (χ2v) is 10.1. The molecule has 0 spiro atoms. The molecule has 0 radical (unpaired) electrons. The zero-order valence-electron chi connectivity index (χ0n) is 21.9. The molecule has 2 amide bonds. The van der Waals surface area contributed by atoms with Gasteiger partial charge in [0, 0.05) is 35.8 Å². The van der Waals surface area contributed by atoms with Gasteiger partial charge in [0.15, 0.2) is 0 Å². The first kappa shape index (κ1) is 25.8. The summed E-state index contributed by atoms with van der Waals surface area (Å²) in [6.07, 6.45) is 5.23. The van der Waals surface area contributed by atoms with Crippen molar-refractivity contribution in [2.75, 3.05) is 19.0 Å². The van der Waals surface area contributed by atoms with Crippen LogP contribution in [0.3, 0.4) is 0 Å². The van der Waals surface area contributed by atoms with Gasteiger partial charge < -0.3 is 15.4 Å². The molecule has 0 saturated heterocycles. The highest BCUT2D eigenvalue weighted by Crippen LogP contribution is 2.29. The number of benzene rings is 2. The van der Waals surface area contributed by atoms with Gasteiger partial charge in [0.05, 0.1) is 24.9 Å². The van der Waals surface area contributed by atoms with Crippen LogP contribution in [0.5, 0.6) is 5.75 Å². The highest BCUT2D eigenvalue weighted by atomic mass is 16.5. The van der Waals surface area contributed by atoms with Crippen molar-refractivity contribution in [1.29, 1.82) is 0 Å². The summed E-state index contributed by atoms with van der Waals surface area (Å²) < 4.78 is 5.45. The van der Waals surface area contributed by atoms with Crippen LogP contribution in [0.2, 0.25) is 0 Å². The first-order valence-corrected chi connectivity index (χ1v) is 12.2. The number of carbonyl (C=O) groups excluding carboxylic acids is 2. The summed E-state index contributed by atoms with van der Waals surface area (Å²) in [5, 5.41) is 5.91. The minimum atomic E-state index is -0.253. The molecule has 0 aliphatic carbocycles. The topological polar surface area (TPSA) is 92.7 Å². The Morgan fingerprint density at radius 3 is 2.57 bits per heavy atom. The second-order valence-electron chi connectivity index (χ2n) is 10.1. The summed E-state index contributed by atoms with van der Waals surface area (Å²) in [6.45, 7) is 9.00. The van der Waals surface area contributed by atoms with Crippen molar-refractivity contribution < 1.29 is 14.3 Å². The molecule has 0 atom stereocenters. The van der Waals surface area contributed by atoms with Gasteiger partial charge in [0.1, 0.15) is 5.75 Å². The molecule has 2 aromatic carbocycles. The lowest BCUT2D eigenvalue weighted by molar-refractivity contribution is -0.117. The van der Waals surface area contributed by atoms with Crippen LogP contribution in [0.4, 0.5) is 5.69 Å². The number of nitrogens with zero attached hydrogens (tertiary/aromatic N) is 2. The van der Waals surface area contributed by atoms with Crippen LogP contribution >= 0.6 is 0 Å². The van der Waals surface area contributed by atoms with Gasteiger partial charge in [0.2, 0.25) is 5.91 Å². The molecule has 7 nitrogen and oxygen atoms in total. The fourth-order valence-electron chi connectivity index (χ4n) is 4.05. The Labute approximate surface area is 217 Å². The molecule has 190 valence electrons. The van der Waals surface area contributed by atoms with Gasteiger partial charge in [-0.15, -0.1) is 0 Å². The third-order valence-electron chi connectivity index (χ3n) is 6.28. The van der Waals surface area contributed by atoms with Gasteiger partial charge in [-0.25, -0.2) is 0 Å². The number of methoxy groups -OCH3 is 1. The predicted molar refractivity (Wildman–Crippen MR) is 146 cm³/mol. The summed E-state index contributed by atoms with van der Waals surface area (Å²) in [7, 11) is 1.56. The number of rotatable bonds is 7. The summed E-state index contributed by atoms with van der Waals surface area (Å²) in [6, 6.07) is 15.1. The van der Waals surface area contributed by atoms with Gasteiger partial charge in [0.25, 0.3) is 5.91 Å². The standard InChI is InChI=1S/C30H32N4O3/c1-19-8-10-23(34-29(36)25-14-22(30(2,3)4)9-11-27(25)37-5)15-24(19)26-13-21(18-32-26)28(35)33-17-20-7-6-12-31-16-20/h6-16H,17-18H2,1-5H3,(H,33,35)(H,34,36). The quantitative estimate of drug-likeness (QED) is 0.482. The van der Waals surface area contributed by atoms with E-state index in [1.165, 1.54) is 0 Å². The Bertz CT molecular complexity index is 1390. The Hall–Kier alpha value is -4.26. The molecule has 37 heavy (non-hydrogen) atoms. The van der Waals surface area contributed by atoms with E-state index in [0.717, 1.165) is 22.3 Å². The SMILES string of the molecule is COc1ccc(C(C)(C)C)cc1C(=O)Nc1ccc(C)c(C2=NCC(C(=O)NCc3cccnc3)=C2)c1. The number of aliphatic imine (C=N–C) groups is 1. The minimum absolute atomic E-state index is 0.104. The molecule has 7 heteroatoms. The summed E-state index contributed by atoms with van der Waals surface area (Å²) >= 11 is 0. The van der Waals surface area contributed by atoms with Crippen LogP contribution in [0, 0.1) is 6.92 Å². The van der Waals surface area contributed by atoms with Crippen molar-refractivity contribution in [2.24, 2.45) is 4.99 Å². The molecule has 0 saturated carbocycles. The Morgan fingerprint density at radius 1 is 1.05 bits per heavy atom. The fraction of sp³-hybridized carbons (Fsp3) is 0.267. The lowest BCUT2D eigenvalue weighted by atomic mass is 9.86. The van der Waals surface area contributed by atoms with Crippen molar-refractivity contribution in [2.45, 2.75) is 39.7 Å². The normalized spacial score (nSPS) is 13.0. The summed E-state index contributed by atoms with van der Waals surface area (Å²) in [5.74, 6) is 0.107. The number of hydrogen-bond donors (Lipinski definition) is 2. The van der Waals surface area contributed by atoms with E-state index in [2.05, 4.69) is 41.4 Å². The molecular weight excluding hydrogens is 464 g/mol. The highest BCUT2D eigenvalue weighted by molar-refractivity contribution is 6.16. The van der Waals surface area contributed by atoms with Gasteiger partial charge >= 0.3 is 0 Å². The van der Waals surface area contributed by atoms with E-state index in [1.54, 1.807) is 19.5 Å². The highest BCUT2D eigenvalue weighted by Gasteiger charge is 2.21. The number of ether oxygens (including phenoxy) is 1. The van der Waals surface area contributed by atoms with Crippen LogP contribution in [-0.4, -0.2) is 36.2 Å². The van der Waals surface area contributed by atoms with Crippen molar-refractivity contribution in [3.8, 4) is 5.75 Å². The number of allylic oxidation sites excluding steroid dienone is 1. The molecular formula is C30H32N4O3. The average molecular weight is 497 g/mol. The number of anilines is 1. The zero-order chi connectivity index (χ0) is 26.6. The molecule has 0 fully saturated rings. The lowest BCUT2D eigenvalue weighted by Crippen LogP contribution is -2.25. The van der Waals surface area contributed by atoms with Crippen molar-refractivity contribution in [1.82, 2.24) is 10.3 Å². The number of carbonyl (C=O) groups is 2. The third kappa shape index (κ3) is 6.12. The van der Waals surface area contributed by atoms with Crippen molar-refractivity contribution in [3.63, 3.8) is 0 Å². The number of amides is 2. The van der Waals surface area contributed by atoms with E-state index < -0.39 is 0 Å². The maximum absolute atomic E-state index is 13.2. The number of nitrogens with one attached hydrogen (secondary N) is 2. The first-order valence-electron chi connectivity index (χ1n) is 12.2.